The minimum absolute atomic E-state index is 0.292. The summed E-state index contributed by atoms with van der Waals surface area (Å²) in [6, 6.07) is 3.04. The average Bonchev–Trinajstić information content (AvgIpc) is 2.70. The van der Waals surface area contributed by atoms with Crippen LogP contribution in [0, 0.1) is 0 Å². The monoisotopic (exact) mass is 380 g/mol. The van der Waals surface area contributed by atoms with E-state index in [1.165, 1.54) is 63.5 Å². The van der Waals surface area contributed by atoms with Crippen LogP contribution in [0.25, 0.3) is 0 Å². The zero-order valence-corrected chi connectivity index (χ0v) is 16.7. The molecule has 154 valence electrons. The molecule has 1 rings (SSSR count). The normalized spacial score (nSPS) is 11.0. The number of aliphatic hydroxyl groups excluding tert-OH is 3. The van der Waals surface area contributed by atoms with Crippen LogP contribution in [0.3, 0.4) is 0 Å². The van der Waals surface area contributed by atoms with Crippen LogP contribution in [0.2, 0.25) is 0 Å². The zero-order valence-electron chi connectivity index (χ0n) is 16.7. The van der Waals surface area contributed by atoms with Crippen LogP contribution in [0.1, 0.15) is 98.2 Å². The summed E-state index contributed by atoms with van der Waals surface area (Å²) in [5.74, 6) is -0.459. The molecule has 1 aromatic carbocycles. The van der Waals surface area contributed by atoms with Crippen LogP contribution in [-0.4, -0.2) is 27.9 Å². The standard InChI is InChI=1S/C22H36O5/c1-2-3-4-5-6-7-8-9-10-11-12-27-22(26)18-13-19(15-23)21(17-25)20(14-18)16-24/h13-14,23-25H,2-12,15-17H2,1H3. The third-order valence-corrected chi connectivity index (χ3v) is 4.90. The molecule has 0 saturated carbocycles. The van der Waals surface area contributed by atoms with Crippen molar-refractivity contribution in [2.45, 2.75) is 91.0 Å². The Balaban J connectivity index is 2.27. The summed E-state index contributed by atoms with van der Waals surface area (Å²) in [7, 11) is 0. The first kappa shape index (κ1) is 23.6. The van der Waals surface area contributed by atoms with Crippen molar-refractivity contribution >= 4 is 5.97 Å². The van der Waals surface area contributed by atoms with Gasteiger partial charge in [0.1, 0.15) is 0 Å². The van der Waals surface area contributed by atoms with Gasteiger partial charge in [-0.3, -0.25) is 0 Å². The Labute approximate surface area is 163 Å². The van der Waals surface area contributed by atoms with Gasteiger partial charge in [0.05, 0.1) is 32.0 Å². The molecule has 5 nitrogen and oxygen atoms in total. The highest BCUT2D eigenvalue weighted by molar-refractivity contribution is 5.90. The Morgan fingerprint density at radius 2 is 1.26 bits per heavy atom. The number of ether oxygens (including phenoxy) is 1. The molecule has 0 aliphatic carbocycles. The fraction of sp³-hybridized carbons (Fsp3) is 0.682. The molecule has 0 atom stereocenters. The Kier molecular flexibility index (Phi) is 12.8. The third-order valence-electron chi connectivity index (χ3n) is 4.90. The van der Waals surface area contributed by atoms with Gasteiger partial charge in [0.2, 0.25) is 0 Å². The molecule has 5 heteroatoms. The first-order valence-corrected chi connectivity index (χ1v) is 10.3. The molecule has 0 saturated heterocycles. The first-order chi connectivity index (χ1) is 13.2. The second kappa shape index (κ2) is 14.6. The van der Waals surface area contributed by atoms with Crippen molar-refractivity contribution in [2.24, 2.45) is 0 Å². The highest BCUT2D eigenvalue weighted by Crippen LogP contribution is 2.20. The zero-order chi connectivity index (χ0) is 19.9. The van der Waals surface area contributed by atoms with Gasteiger partial charge < -0.3 is 20.1 Å². The van der Waals surface area contributed by atoms with E-state index in [2.05, 4.69) is 6.92 Å². The quantitative estimate of drug-likeness (QED) is 0.313. The van der Waals surface area contributed by atoms with E-state index in [-0.39, 0.29) is 19.8 Å². The van der Waals surface area contributed by atoms with Crippen LogP contribution in [0.4, 0.5) is 0 Å². The van der Waals surface area contributed by atoms with E-state index >= 15 is 0 Å². The topological polar surface area (TPSA) is 87.0 Å². The van der Waals surface area contributed by atoms with E-state index in [0.29, 0.717) is 28.9 Å². The van der Waals surface area contributed by atoms with E-state index in [0.717, 1.165) is 12.8 Å². The van der Waals surface area contributed by atoms with Crippen LogP contribution >= 0.6 is 0 Å². The Hall–Kier alpha value is -1.43. The lowest BCUT2D eigenvalue weighted by molar-refractivity contribution is 0.0497. The predicted molar refractivity (Wildman–Crippen MR) is 106 cm³/mol. The Bertz CT molecular complexity index is 516. The van der Waals surface area contributed by atoms with Gasteiger partial charge in [0, 0.05) is 0 Å². The number of esters is 1. The van der Waals surface area contributed by atoms with E-state index in [9.17, 15) is 20.1 Å². The molecule has 3 N–H and O–H groups in total. The number of unbranched alkanes of at least 4 members (excludes halogenated alkanes) is 9. The first-order valence-electron chi connectivity index (χ1n) is 10.3. The molecule has 0 aromatic heterocycles. The SMILES string of the molecule is CCCCCCCCCCCCOC(=O)c1cc(CO)c(CO)c(CO)c1. The molecule has 0 amide bonds. The number of carbonyl (C=O) groups is 1. The van der Waals surface area contributed by atoms with Gasteiger partial charge in [0.25, 0.3) is 0 Å². The number of hydrogen-bond acceptors (Lipinski definition) is 5. The van der Waals surface area contributed by atoms with Gasteiger partial charge in [-0.2, -0.15) is 0 Å². The Morgan fingerprint density at radius 1 is 0.778 bits per heavy atom. The lowest BCUT2D eigenvalue weighted by Crippen LogP contribution is -2.10. The maximum Gasteiger partial charge on any atom is 0.338 e. The summed E-state index contributed by atoms with van der Waals surface area (Å²) in [4.78, 5) is 12.2. The van der Waals surface area contributed by atoms with Gasteiger partial charge in [0.15, 0.2) is 0 Å². The van der Waals surface area contributed by atoms with Crippen molar-refractivity contribution in [3.63, 3.8) is 0 Å². The number of carbonyl (C=O) groups excluding carboxylic acids is 1. The van der Waals surface area contributed by atoms with Crippen LogP contribution < -0.4 is 0 Å². The third kappa shape index (κ3) is 8.87. The molecular formula is C22H36O5. The molecule has 27 heavy (non-hydrogen) atoms. The largest absolute Gasteiger partial charge is 0.462 e. The minimum Gasteiger partial charge on any atom is -0.462 e. The number of aliphatic hydroxyl groups is 3. The molecule has 0 fully saturated rings. The van der Waals surface area contributed by atoms with Gasteiger partial charge in [-0.15, -0.1) is 0 Å². The summed E-state index contributed by atoms with van der Waals surface area (Å²) in [5, 5.41) is 28.2. The van der Waals surface area contributed by atoms with Crippen molar-refractivity contribution in [3.05, 3.63) is 34.4 Å². The van der Waals surface area contributed by atoms with Crippen LogP contribution in [-0.2, 0) is 24.6 Å². The van der Waals surface area contributed by atoms with Crippen molar-refractivity contribution in [1.82, 2.24) is 0 Å². The maximum atomic E-state index is 12.2. The molecule has 0 unspecified atom stereocenters. The molecule has 0 aliphatic heterocycles. The smallest absolute Gasteiger partial charge is 0.338 e. The number of benzene rings is 1. The second-order valence-electron chi connectivity index (χ2n) is 7.07. The summed E-state index contributed by atoms with van der Waals surface area (Å²) >= 11 is 0. The highest BCUT2D eigenvalue weighted by atomic mass is 16.5. The van der Waals surface area contributed by atoms with Crippen molar-refractivity contribution < 1.29 is 24.9 Å². The lowest BCUT2D eigenvalue weighted by atomic mass is 9.98. The molecule has 0 heterocycles. The van der Waals surface area contributed by atoms with Gasteiger partial charge in [-0.05, 0) is 35.2 Å². The van der Waals surface area contributed by atoms with Gasteiger partial charge in [-0.25, -0.2) is 4.79 Å². The van der Waals surface area contributed by atoms with Crippen molar-refractivity contribution in [1.29, 1.82) is 0 Å². The van der Waals surface area contributed by atoms with Gasteiger partial charge >= 0.3 is 5.97 Å². The molecule has 0 aliphatic rings. The van der Waals surface area contributed by atoms with Crippen molar-refractivity contribution in [2.75, 3.05) is 6.61 Å². The fourth-order valence-corrected chi connectivity index (χ4v) is 3.24. The Morgan fingerprint density at radius 3 is 1.70 bits per heavy atom. The molecule has 0 radical (unpaired) electrons. The molecule has 0 bridgehead atoms. The van der Waals surface area contributed by atoms with Gasteiger partial charge in [-0.1, -0.05) is 64.7 Å². The summed E-state index contributed by atoms with van der Waals surface area (Å²) in [6.07, 6.45) is 12.2. The number of rotatable bonds is 15. The van der Waals surface area contributed by atoms with E-state index in [4.69, 9.17) is 4.74 Å². The van der Waals surface area contributed by atoms with Crippen LogP contribution in [0.5, 0.6) is 0 Å². The highest BCUT2D eigenvalue weighted by Gasteiger charge is 2.14. The van der Waals surface area contributed by atoms with E-state index in [1.807, 2.05) is 0 Å². The second-order valence-corrected chi connectivity index (χ2v) is 7.07. The predicted octanol–water partition coefficient (Wildman–Crippen LogP) is 4.24. The fourth-order valence-electron chi connectivity index (χ4n) is 3.24. The minimum atomic E-state index is -0.459. The summed E-state index contributed by atoms with van der Waals surface area (Å²) in [6.45, 7) is 1.71. The van der Waals surface area contributed by atoms with Crippen LogP contribution in [0.15, 0.2) is 12.1 Å². The van der Waals surface area contributed by atoms with E-state index in [1.54, 1.807) is 0 Å². The molecular weight excluding hydrogens is 344 g/mol. The number of hydrogen-bond donors (Lipinski definition) is 3. The maximum absolute atomic E-state index is 12.2. The molecule has 1 aromatic rings. The summed E-state index contributed by atoms with van der Waals surface area (Å²) in [5.41, 5.74) is 1.64. The molecule has 0 spiro atoms. The van der Waals surface area contributed by atoms with E-state index < -0.39 is 5.97 Å². The lowest BCUT2D eigenvalue weighted by Gasteiger charge is -2.13. The summed E-state index contributed by atoms with van der Waals surface area (Å²) < 4.78 is 5.31. The average molecular weight is 381 g/mol. The van der Waals surface area contributed by atoms with Crippen molar-refractivity contribution in [3.8, 4) is 0 Å².